The van der Waals surface area contributed by atoms with Crippen LogP contribution in [-0.2, 0) is 34.9 Å². The molecule has 2 heterocycles. The molecule has 0 saturated heterocycles. The van der Waals surface area contributed by atoms with Gasteiger partial charge in [0.1, 0.15) is 29.8 Å². The van der Waals surface area contributed by atoms with Gasteiger partial charge in [-0.25, -0.2) is 25.1 Å². The van der Waals surface area contributed by atoms with Crippen LogP contribution in [0.15, 0.2) is 12.7 Å². The molecule has 4 N–H and O–H groups in total. The Bertz CT molecular complexity index is 1160. The van der Waals surface area contributed by atoms with Crippen LogP contribution in [0.3, 0.4) is 0 Å². The first-order valence-electron chi connectivity index (χ1n) is 14.5. The Labute approximate surface area is 243 Å². The number of nitrogens with one attached hydrogen (secondary N) is 2. The molecule has 3 atom stereocenters. The molecule has 232 valence electrons. The smallest absolute Gasteiger partial charge is 0.326 e. The largest absolute Gasteiger partial charge is 0.465 e. The highest BCUT2D eigenvalue weighted by molar-refractivity contribution is 7.59. The third-order valence-corrected chi connectivity index (χ3v) is 8.61. The van der Waals surface area contributed by atoms with E-state index in [1.165, 1.54) is 6.33 Å². The minimum absolute atomic E-state index is 0.273. The first kappa shape index (κ1) is 34.6. The summed E-state index contributed by atoms with van der Waals surface area (Å²) in [5.74, 6) is -0.800. The van der Waals surface area contributed by atoms with Crippen molar-refractivity contribution in [3.63, 3.8) is 0 Å². The van der Waals surface area contributed by atoms with E-state index < -0.39 is 37.1 Å². The molecule has 41 heavy (non-hydrogen) atoms. The summed E-state index contributed by atoms with van der Waals surface area (Å²) in [5.41, 5.74) is 5.59. The molecule has 0 aliphatic carbocycles. The number of carbonyl (C=O) groups excluding carboxylic acids is 2. The van der Waals surface area contributed by atoms with Gasteiger partial charge < -0.3 is 24.5 Å². The van der Waals surface area contributed by atoms with Crippen LogP contribution in [0.2, 0.25) is 0 Å². The van der Waals surface area contributed by atoms with Gasteiger partial charge in [0.2, 0.25) is 7.44 Å². The van der Waals surface area contributed by atoms with Crippen molar-refractivity contribution in [2.75, 3.05) is 25.3 Å². The molecule has 0 radical (unpaired) electrons. The second-order valence-electron chi connectivity index (χ2n) is 10.8. The van der Waals surface area contributed by atoms with E-state index in [4.69, 9.17) is 19.9 Å². The lowest BCUT2D eigenvalue weighted by Crippen LogP contribution is -2.50. The van der Waals surface area contributed by atoms with Crippen LogP contribution >= 0.6 is 7.44 Å². The summed E-state index contributed by atoms with van der Waals surface area (Å²) >= 11 is 0. The molecular formula is C27H48N7O6P. The zero-order valence-electron chi connectivity index (χ0n) is 25.4. The third-order valence-electron chi connectivity index (χ3n) is 6.37. The van der Waals surface area contributed by atoms with Crippen LogP contribution in [0.1, 0.15) is 86.5 Å². The Kier molecular flexibility index (Phi) is 14.1. The number of unbranched alkanes of at least 4 members (excludes halogenated alkanes) is 5. The van der Waals surface area contributed by atoms with E-state index in [-0.39, 0.29) is 25.4 Å². The Balaban J connectivity index is 2.10. The first-order chi connectivity index (χ1) is 19.4. The SMILES string of the molecule is CCCCCCOC(=O)C(C)(C)NP(=O)(COC(C)Cn1cnc2c(N)ncnc21)NC(C)C(=O)OCCCCC. The van der Waals surface area contributed by atoms with Crippen LogP contribution in [0, 0.1) is 0 Å². The molecule has 0 fully saturated rings. The number of hydrogen-bond acceptors (Lipinski definition) is 10. The van der Waals surface area contributed by atoms with Crippen LogP contribution < -0.4 is 15.9 Å². The highest BCUT2D eigenvalue weighted by Crippen LogP contribution is 2.40. The molecule has 2 aromatic rings. The summed E-state index contributed by atoms with van der Waals surface area (Å²) in [6.07, 6.45) is 8.75. The van der Waals surface area contributed by atoms with E-state index in [9.17, 15) is 14.2 Å². The van der Waals surface area contributed by atoms with Gasteiger partial charge in [0.25, 0.3) is 0 Å². The van der Waals surface area contributed by atoms with Gasteiger partial charge in [-0.15, -0.1) is 0 Å². The molecule has 0 spiro atoms. The average molecular weight is 598 g/mol. The fourth-order valence-corrected chi connectivity index (χ4v) is 6.48. The topological polar surface area (TPSA) is 173 Å². The minimum Gasteiger partial charge on any atom is -0.465 e. The Hall–Kier alpha value is -2.60. The van der Waals surface area contributed by atoms with Crippen LogP contribution in [0.4, 0.5) is 5.82 Å². The number of rotatable bonds is 20. The highest BCUT2D eigenvalue weighted by atomic mass is 31.2. The van der Waals surface area contributed by atoms with Gasteiger partial charge in [0, 0.05) is 0 Å². The molecule has 0 amide bonds. The standard InChI is InChI=1S/C27H48N7O6P/c1-7-9-11-13-15-39-26(36)27(5,6)33-41(37,32-21(4)25(35)38-14-12-10-8-2)19-40-20(3)16-34-18-31-22-23(28)29-17-30-24(22)34/h17-18,20-21H,7-16,19H2,1-6H3,(H2,28,29,30)(H2,32,33,37). The van der Waals surface area contributed by atoms with E-state index in [2.05, 4.69) is 39.0 Å². The predicted molar refractivity (Wildman–Crippen MR) is 158 cm³/mol. The molecule has 0 aromatic carbocycles. The monoisotopic (exact) mass is 597 g/mol. The maximum absolute atomic E-state index is 14.2. The Morgan fingerprint density at radius 2 is 1.68 bits per heavy atom. The molecule has 2 aromatic heterocycles. The minimum atomic E-state index is -3.69. The maximum atomic E-state index is 14.2. The number of imidazole rings is 1. The number of nitrogens with zero attached hydrogens (tertiary/aromatic N) is 4. The van der Waals surface area contributed by atoms with E-state index in [0.29, 0.717) is 17.7 Å². The van der Waals surface area contributed by atoms with Crippen molar-refractivity contribution < 1.29 is 28.4 Å². The predicted octanol–water partition coefficient (Wildman–Crippen LogP) is 4.17. The Morgan fingerprint density at radius 3 is 2.39 bits per heavy atom. The molecule has 14 heteroatoms. The summed E-state index contributed by atoms with van der Waals surface area (Å²) in [4.78, 5) is 38.0. The number of nitrogens with two attached hydrogens (primary N) is 1. The van der Waals surface area contributed by atoms with Crippen molar-refractivity contribution in [1.82, 2.24) is 29.7 Å². The molecule has 0 bridgehead atoms. The maximum Gasteiger partial charge on any atom is 0.326 e. The highest BCUT2D eigenvalue weighted by Gasteiger charge is 2.39. The zero-order valence-corrected chi connectivity index (χ0v) is 26.2. The third kappa shape index (κ3) is 11.3. The van der Waals surface area contributed by atoms with Crippen molar-refractivity contribution in [3.05, 3.63) is 12.7 Å². The van der Waals surface area contributed by atoms with E-state index in [0.717, 1.165) is 44.9 Å². The molecule has 0 saturated carbocycles. The van der Waals surface area contributed by atoms with Gasteiger partial charge in [-0.1, -0.05) is 46.0 Å². The van der Waals surface area contributed by atoms with Gasteiger partial charge in [0.15, 0.2) is 11.5 Å². The molecule has 3 unspecified atom stereocenters. The molecular weight excluding hydrogens is 549 g/mol. The number of ether oxygens (including phenoxy) is 3. The van der Waals surface area contributed by atoms with E-state index >= 15 is 0 Å². The summed E-state index contributed by atoms with van der Waals surface area (Å²) in [5, 5.41) is 5.78. The second kappa shape index (κ2) is 16.7. The van der Waals surface area contributed by atoms with E-state index in [1.807, 2.05) is 6.92 Å². The van der Waals surface area contributed by atoms with Crippen molar-refractivity contribution in [2.24, 2.45) is 0 Å². The van der Waals surface area contributed by atoms with E-state index in [1.54, 1.807) is 31.7 Å². The number of nitrogen functional groups attached to an aromatic ring is 1. The average Bonchev–Trinajstić information content (AvgIpc) is 3.33. The number of anilines is 1. The number of carbonyl (C=O) groups is 2. The summed E-state index contributed by atoms with van der Waals surface area (Å²) in [6, 6.07) is -0.910. The second-order valence-corrected chi connectivity index (χ2v) is 13.1. The van der Waals surface area contributed by atoms with Gasteiger partial charge in [-0.05, 0) is 40.5 Å². The van der Waals surface area contributed by atoms with Gasteiger partial charge in [-0.3, -0.25) is 14.2 Å². The van der Waals surface area contributed by atoms with Gasteiger partial charge >= 0.3 is 11.9 Å². The molecule has 2 rings (SSSR count). The van der Waals surface area contributed by atoms with Crippen molar-refractivity contribution in [1.29, 1.82) is 0 Å². The fraction of sp³-hybridized carbons (Fsp3) is 0.741. The quantitative estimate of drug-likeness (QED) is 0.113. The van der Waals surface area contributed by atoms with Crippen LogP contribution in [-0.4, -0.2) is 68.7 Å². The van der Waals surface area contributed by atoms with Gasteiger partial charge in [-0.2, -0.15) is 0 Å². The number of hydrogen-bond donors (Lipinski definition) is 3. The number of aromatic nitrogens is 4. The number of esters is 2. The van der Waals surface area contributed by atoms with Gasteiger partial charge in [0.05, 0.1) is 32.2 Å². The lowest BCUT2D eigenvalue weighted by Gasteiger charge is -2.32. The van der Waals surface area contributed by atoms with Crippen molar-refractivity contribution >= 4 is 36.4 Å². The summed E-state index contributed by atoms with van der Waals surface area (Å²) in [7, 11) is -3.69. The molecule has 13 nitrogen and oxygen atoms in total. The first-order valence-corrected chi connectivity index (χ1v) is 16.3. The normalized spacial score (nSPS) is 14.9. The van der Waals surface area contributed by atoms with Crippen LogP contribution in [0.25, 0.3) is 11.2 Å². The lowest BCUT2D eigenvalue weighted by molar-refractivity contribution is -0.149. The Morgan fingerprint density at radius 1 is 1.02 bits per heavy atom. The van der Waals surface area contributed by atoms with Crippen LogP contribution in [0.5, 0.6) is 0 Å². The molecule has 0 aliphatic rings. The molecule has 0 aliphatic heterocycles. The summed E-state index contributed by atoms with van der Waals surface area (Å²) in [6.45, 7) is 11.6. The summed E-state index contributed by atoms with van der Waals surface area (Å²) < 4.78 is 32.7. The van der Waals surface area contributed by atoms with Crippen molar-refractivity contribution in [3.8, 4) is 0 Å². The van der Waals surface area contributed by atoms with Crippen molar-refractivity contribution in [2.45, 2.75) is 111 Å². The lowest BCUT2D eigenvalue weighted by atomic mass is 10.1. The zero-order chi connectivity index (χ0) is 30.5. The fourth-order valence-electron chi connectivity index (χ4n) is 4.08. The number of fused-ring (bicyclic) bond motifs is 1.